The third kappa shape index (κ3) is 7.56. The number of benzene rings is 3. The molecule has 0 aliphatic carbocycles. The van der Waals surface area contributed by atoms with Crippen LogP contribution in [0.2, 0.25) is 0 Å². The molecule has 0 heterocycles. The molecule has 0 atom stereocenters. The van der Waals surface area contributed by atoms with Crippen LogP contribution >= 0.6 is 0 Å². The van der Waals surface area contributed by atoms with E-state index in [1.54, 1.807) is 73.8 Å². The molecule has 0 aromatic heterocycles. The maximum atomic E-state index is 13.0. The predicted molar refractivity (Wildman–Crippen MR) is 136 cm³/mol. The molecule has 3 rings (SSSR count). The SMILES string of the molecule is CN(C(=O)CN(C(=O)CNC(=O)Nc1cccc(/C=C/C(=O)[O-])c1)c1ccccc1)c1ccccc1. The largest absolute Gasteiger partial charge is 0.545 e. The topological polar surface area (TPSA) is 122 Å². The number of nitrogens with zero attached hydrogens (tertiary/aromatic N) is 2. The highest BCUT2D eigenvalue weighted by Crippen LogP contribution is 2.16. The summed E-state index contributed by atoms with van der Waals surface area (Å²) < 4.78 is 0. The van der Waals surface area contributed by atoms with Gasteiger partial charge in [0, 0.05) is 24.1 Å². The van der Waals surface area contributed by atoms with E-state index in [0.717, 1.165) is 6.08 Å². The highest BCUT2D eigenvalue weighted by Gasteiger charge is 2.22. The van der Waals surface area contributed by atoms with Crippen LogP contribution in [0.4, 0.5) is 21.9 Å². The molecule has 0 spiro atoms. The Bertz CT molecular complexity index is 1250. The highest BCUT2D eigenvalue weighted by molar-refractivity contribution is 6.05. The van der Waals surface area contributed by atoms with Gasteiger partial charge < -0.3 is 30.3 Å². The quantitative estimate of drug-likeness (QED) is 0.450. The summed E-state index contributed by atoms with van der Waals surface area (Å²) in [5.41, 5.74) is 2.16. The molecule has 0 saturated heterocycles. The van der Waals surface area contributed by atoms with E-state index >= 15 is 0 Å². The molecule has 0 unspecified atom stereocenters. The van der Waals surface area contributed by atoms with Crippen LogP contribution in [0.25, 0.3) is 6.08 Å². The summed E-state index contributed by atoms with van der Waals surface area (Å²) in [4.78, 5) is 51.7. The highest BCUT2D eigenvalue weighted by atomic mass is 16.4. The Hall–Kier alpha value is -4.92. The van der Waals surface area contributed by atoms with Crippen LogP contribution in [0.3, 0.4) is 0 Å². The first-order valence-electron chi connectivity index (χ1n) is 11.0. The number of hydrogen-bond acceptors (Lipinski definition) is 5. The summed E-state index contributed by atoms with van der Waals surface area (Å²) in [6, 6.07) is 23.6. The van der Waals surface area contributed by atoms with E-state index in [1.165, 1.54) is 15.9 Å². The molecular weight excluding hydrogens is 460 g/mol. The number of carboxylic acids is 1. The summed E-state index contributed by atoms with van der Waals surface area (Å²) in [7, 11) is 1.63. The van der Waals surface area contributed by atoms with Crippen molar-refractivity contribution in [2.24, 2.45) is 0 Å². The molecule has 2 N–H and O–H groups in total. The molecule has 36 heavy (non-hydrogen) atoms. The molecule has 0 bridgehead atoms. The zero-order valence-electron chi connectivity index (χ0n) is 19.6. The molecular formula is C27H25N4O5-. The number of hydrogen-bond donors (Lipinski definition) is 2. The van der Waals surface area contributed by atoms with Crippen molar-refractivity contribution < 1.29 is 24.3 Å². The first-order valence-corrected chi connectivity index (χ1v) is 11.0. The Balaban J connectivity index is 1.64. The van der Waals surface area contributed by atoms with Gasteiger partial charge in [-0.2, -0.15) is 0 Å². The summed E-state index contributed by atoms with van der Waals surface area (Å²) in [6.45, 7) is -0.572. The molecule has 4 amide bonds. The number of carbonyl (C=O) groups excluding carboxylic acids is 4. The van der Waals surface area contributed by atoms with Gasteiger partial charge in [0.15, 0.2) is 0 Å². The molecule has 9 heteroatoms. The number of amides is 4. The normalized spacial score (nSPS) is 10.5. The summed E-state index contributed by atoms with van der Waals surface area (Å²) in [6.07, 6.45) is 2.22. The molecule has 184 valence electrons. The number of para-hydroxylation sites is 2. The van der Waals surface area contributed by atoms with Gasteiger partial charge in [0.05, 0.1) is 12.5 Å². The zero-order chi connectivity index (χ0) is 25.9. The van der Waals surface area contributed by atoms with E-state index in [4.69, 9.17) is 0 Å². The van der Waals surface area contributed by atoms with Gasteiger partial charge in [-0.05, 0) is 48.0 Å². The van der Waals surface area contributed by atoms with Crippen molar-refractivity contribution in [3.05, 3.63) is 96.6 Å². The monoisotopic (exact) mass is 485 g/mol. The van der Waals surface area contributed by atoms with Crippen molar-refractivity contribution in [1.29, 1.82) is 0 Å². The number of aliphatic carboxylic acids is 1. The fourth-order valence-electron chi connectivity index (χ4n) is 3.28. The first-order chi connectivity index (χ1) is 17.3. The predicted octanol–water partition coefficient (Wildman–Crippen LogP) is 2.27. The van der Waals surface area contributed by atoms with Crippen molar-refractivity contribution in [1.82, 2.24) is 5.32 Å². The number of rotatable bonds is 9. The fourth-order valence-corrected chi connectivity index (χ4v) is 3.28. The smallest absolute Gasteiger partial charge is 0.319 e. The van der Waals surface area contributed by atoms with Gasteiger partial charge in [-0.25, -0.2) is 4.79 Å². The minimum atomic E-state index is -1.33. The Morgan fingerprint density at radius 3 is 2.11 bits per heavy atom. The third-order valence-corrected chi connectivity index (χ3v) is 5.14. The molecule has 0 fully saturated rings. The average molecular weight is 486 g/mol. The van der Waals surface area contributed by atoms with Crippen molar-refractivity contribution in [3.63, 3.8) is 0 Å². The molecule has 0 aliphatic rings. The van der Waals surface area contributed by atoms with Gasteiger partial charge in [-0.1, -0.05) is 54.6 Å². The molecule has 9 nitrogen and oxygen atoms in total. The van der Waals surface area contributed by atoms with Crippen LogP contribution in [0.15, 0.2) is 91.0 Å². The zero-order valence-corrected chi connectivity index (χ0v) is 19.6. The van der Waals surface area contributed by atoms with Crippen molar-refractivity contribution >= 4 is 47.0 Å². The lowest BCUT2D eigenvalue weighted by atomic mass is 10.2. The lowest BCUT2D eigenvalue weighted by Crippen LogP contribution is -2.46. The number of urea groups is 1. The summed E-state index contributed by atoms with van der Waals surface area (Å²) >= 11 is 0. The van der Waals surface area contributed by atoms with Gasteiger partial charge in [-0.3, -0.25) is 9.59 Å². The van der Waals surface area contributed by atoms with Gasteiger partial charge >= 0.3 is 6.03 Å². The molecule has 0 aliphatic heterocycles. The van der Waals surface area contributed by atoms with E-state index < -0.39 is 17.9 Å². The standard InChI is InChI=1S/C27H26N4O5/c1-30(22-11-4-2-5-12-22)25(33)19-31(23-13-6-3-7-14-23)24(32)18-28-27(36)29-21-10-8-9-20(17-21)15-16-26(34)35/h2-17H,18-19H2,1H3,(H,34,35)(H2,28,29,36)/p-1/b16-15+. The number of carbonyl (C=O) groups is 4. The van der Waals surface area contributed by atoms with E-state index in [2.05, 4.69) is 10.6 Å². The van der Waals surface area contributed by atoms with Crippen molar-refractivity contribution in [2.45, 2.75) is 0 Å². The van der Waals surface area contributed by atoms with Crippen LogP contribution in [0, 0.1) is 0 Å². The first kappa shape index (κ1) is 25.7. The second-order valence-electron chi connectivity index (χ2n) is 7.69. The van der Waals surface area contributed by atoms with Crippen LogP contribution < -0.4 is 25.5 Å². The van der Waals surface area contributed by atoms with Crippen LogP contribution in [-0.2, 0) is 14.4 Å². The summed E-state index contributed by atoms with van der Waals surface area (Å²) in [5, 5.41) is 15.7. The number of likely N-dealkylation sites (N-methyl/N-ethyl adjacent to an activating group) is 1. The van der Waals surface area contributed by atoms with Crippen LogP contribution in [0.5, 0.6) is 0 Å². The van der Waals surface area contributed by atoms with Gasteiger partial charge in [0.2, 0.25) is 11.8 Å². The Labute approximate surface area is 208 Å². The number of carboxylic acid groups (broad SMARTS) is 1. The van der Waals surface area contributed by atoms with Crippen molar-refractivity contribution in [3.8, 4) is 0 Å². The van der Waals surface area contributed by atoms with E-state index in [1.807, 2.05) is 18.2 Å². The minimum Gasteiger partial charge on any atom is -0.545 e. The second kappa shape index (κ2) is 12.5. The van der Waals surface area contributed by atoms with Crippen molar-refractivity contribution in [2.75, 3.05) is 35.3 Å². The minimum absolute atomic E-state index is 0.218. The third-order valence-electron chi connectivity index (χ3n) is 5.14. The molecule has 3 aromatic carbocycles. The summed E-state index contributed by atoms with van der Waals surface area (Å²) in [5.74, 6) is -2.11. The van der Waals surface area contributed by atoms with Gasteiger partial charge in [0.1, 0.15) is 6.54 Å². The molecule has 0 saturated carbocycles. The van der Waals surface area contributed by atoms with E-state index in [0.29, 0.717) is 22.6 Å². The fraction of sp³-hybridized carbons (Fsp3) is 0.111. The Morgan fingerprint density at radius 1 is 0.833 bits per heavy atom. The van der Waals surface area contributed by atoms with E-state index in [-0.39, 0.29) is 19.0 Å². The molecule has 0 radical (unpaired) electrons. The number of anilines is 3. The van der Waals surface area contributed by atoms with Crippen LogP contribution in [-0.4, -0.2) is 44.0 Å². The average Bonchev–Trinajstić information content (AvgIpc) is 2.89. The lowest BCUT2D eigenvalue weighted by molar-refractivity contribution is -0.297. The van der Waals surface area contributed by atoms with Gasteiger partial charge in [0.25, 0.3) is 0 Å². The Morgan fingerprint density at radius 2 is 1.47 bits per heavy atom. The Kier molecular flexibility index (Phi) is 8.94. The molecule has 3 aromatic rings. The maximum Gasteiger partial charge on any atom is 0.319 e. The van der Waals surface area contributed by atoms with Gasteiger partial charge in [-0.15, -0.1) is 0 Å². The van der Waals surface area contributed by atoms with E-state index in [9.17, 15) is 24.3 Å². The van der Waals surface area contributed by atoms with Crippen LogP contribution in [0.1, 0.15) is 5.56 Å². The second-order valence-corrected chi connectivity index (χ2v) is 7.69. The number of nitrogens with one attached hydrogen (secondary N) is 2. The lowest BCUT2D eigenvalue weighted by Gasteiger charge is -2.25. The maximum absolute atomic E-state index is 13.0.